The van der Waals surface area contributed by atoms with Crippen molar-refractivity contribution < 1.29 is 19.2 Å². The van der Waals surface area contributed by atoms with Crippen LogP contribution in [0, 0.1) is 11.8 Å². The van der Waals surface area contributed by atoms with E-state index in [9.17, 15) is 19.2 Å². The maximum Gasteiger partial charge on any atom is 0.243 e. The normalized spacial score (nSPS) is 14.4. The summed E-state index contributed by atoms with van der Waals surface area (Å²) < 4.78 is 0. The molecule has 37 heavy (non-hydrogen) atoms. The van der Waals surface area contributed by atoms with E-state index in [2.05, 4.69) is 16.0 Å². The second-order valence-corrected chi connectivity index (χ2v) is 9.91. The van der Waals surface area contributed by atoms with E-state index >= 15 is 0 Å². The third kappa shape index (κ3) is 9.34. The highest BCUT2D eigenvalue weighted by molar-refractivity contribution is 5.94. The number of nitrogens with two attached hydrogens (primary N) is 2. The molecule has 2 aromatic rings. The summed E-state index contributed by atoms with van der Waals surface area (Å²) in [6.45, 7) is 7.14. The molecule has 7 N–H and O–H groups in total. The van der Waals surface area contributed by atoms with Gasteiger partial charge in [-0.1, -0.05) is 88.4 Å². The van der Waals surface area contributed by atoms with E-state index in [4.69, 9.17) is 11.5 Å². The molecule has 2 rings (SSSR count). The lowest BCUT2D eigenvalue weighted by Crippen LogP contribution is -2.60. The van der Waals surface area contributed by atoms with Crippen LogP contribution >= 0.6 is 0 Å². The minimum atomic E-state index is -0.943. The van der Waals surface area contributed by atoms with Crippen LogP contribution in [0.25, 0.3) is 0 Å². The van der Waals surface area contributed by atoms with Gasteiger partial charge in [0.2, 0.25) is 23.6 Å². The van der Waals surface area contributed by atoms with Crippen molar-refractivity contribution in [2.75, 3.05) is 0 Å². The first-order valence-electron chi connectivity index (χ1n) is 12.5. The molecule has 200 valence electrons. The second kappa shape index (κ2) is 14.1. The average molecular weight is 510 g/mol. The molecule has 0 radical (unpaired) electrons. The molecule has 0 saturated heterocycles. The van der Waals surface area contributed by atoms with Crippen molar-refractivity contribution in [3.63, 3.8) is 0 Å². The van der Waals surface area contributed by atoms with Gasteiger partial charge in [0.25, 0.3) is 0 Å². The molecule has 0 unspecified atom stereocenters. The molecule has 0 aliphatic rings. The summed E-state index contributed by atoms with van der Waals surface area (Å²) in [5.41, 5.74) is 13.4. The van der Waals surface area contributed by atoms with Gasteiger partial charge in [-0.2, -0.15) is 0 Å². The number of amides is 4. The van der Waals surface area contributed by atoms with E-state index in [0.29, 0.717) is 6.42 Å². The Labute approximate surface area is 218 Å². The summed E-state index contributed by atoms with van der Waals surface area (Å²) in [5.74, 6) is -2.73. The quantitative estimate of drug-likeness (QED) is 0.273. The summed E-state index contributed by atoms with van der Waals surface area (Å²) >= 11 is 0. The summed E-state index contributed by atoms with van der Waals surface area (Å²) in [6, 6.07) is 14.9. The van der Waals surface area contributed by atoms with E-state index in [1.54, 1.807) is 27.7 Å². The molecule has 0 aromatic heterocycles. The van der Waals surface area contributed by atoms with Crippen LogP contribution in [0.15, 0.2) is 60.7 Å². The van der Waals surface area contributed by atoms with E-state index in [1.807, 2.05) is 60.7 Å². The van der Waals surface area contributed by atoms with Crippen LogP contribution in [0.2, 0.25) is 0 Å². The summed E-state index contributed by atoms with van der Waals surface area (Å²) in [4.78, 5) is 51.1. The van der Waals surface area contributed by atoms with Gasteiger partial charge in [0.15, 0.2) is 0 Å². The number of rotatable bonds is 13. The van der Waals surface area contributed by atoms with Gasteiger partial charge >= 0.3 is 0 Å². The fraction of sp³-hybridized carbons (Fsp3) is 0.429. The molecular weight excluding hydrogens is 470 g/mol. The second-order valence-electron chi connectivity index (χ2n) is 9.91. The topological polar surface area (TPSA) is 156 Å². The van der Waals surface area contributed by atoms with Gasteiger partial charge in [0, 0.05) is 6.42 Å². The molecule has 0 aliphatic heterocycles. The zero-order chi connectivity index (χ0) is 27.5. The Morgan fingerprint density at radius 1 is 0.649 bits per heavy atom. The molecule has 0 fully saturated rings. The zero-order valence-corrected chi connectivity index (χ0v) is 21.9. The van der Waals surface area contributed by atoms with Crippen molar-refractivity contribution in [3.05, 3.63) is 71.8 Å². The van der Waals surface area contributed by atoms with Crippen LogP contribution in [-0.4, -0.2) is 47.8 Å². The smallest absolute Gasteiger partial charge is 0.243 e. The molecule has 2 aromatic carbocycles. The SMILES string of the molecule is CC(C)[C@H](NC(=O)[C@H](NC(=O)[C@@H](N)Cc1ccccc1)C(C)C)C(=O)N[C@H](Cc1ccccc1)C(N)=O. The molecule has 9 heteroatoms. The molecule has 4 amide bonds. The molecule has 9 nitrogen and oxygen atoms in total. The minimum Gasteiger partial charge on any atom is -0.368 e. The van der Waals surface area contributed by atoms with Gasteiger partial charge in [0.05, 0.1) is 6.04 Å². The Hall–Kier alpha value is -3.72. The summed E-state index contributed by atoms with van der Waals surface area (Å²) in [7, 11) is 0. The highest BCUT2D eigenvalue weighted by atomic mass is 16.2. The maximum atomic E-state index is 13.2. The third-order valence-electron chi connectivity index (χ3n) is 6.07. The molecule has 0 aliphatic carbocycles. The average Bonchev–Trinajstić information content (AvgIpc) is 2.85. The molecule has 0 saturated carbocycles. The zero-order valence-electron chi connectivity index (χ0n) is 21.9. The van der Waals surface area contributed by atoms with Crippen LogP contribution in [0.4, 0.5) is 0 Å². The van der Waals surface area contributed by atoms with E-state index in [1.165, 1.54) is 0 Å². The van der Waals surface area contributed by atoms with Crippen LogP contribution < -0.4 is 27.4 Å². The molecule has 0 spiro atoms. The van der Waals surface area contributed by atoms with Gasteiger partial charge < -0.3 is 27.4 Å². The van der Waals surface area contributed by atoms with Crippen molar-refractivity contribution >= 4 is 23.6 Å². The van der Waals surface area contributed by atoms with Gasteiger partial charge in [-0.3, -0.25) is 19.2 Å². The predicted molar refractivity (Wildman–Crippen MR) is 143 cm³/mol. The first kappa shape index (κ1) is 29.5. The Kier molecular flexibility index (Phi) is 11.3. The first-order chi connectivity index (χ1) is 17.5. The Morgan fingerprint density at radius 2 is 1.05 bits per heavy atom. The largest absolute Gasteiger partial charge is 0.368 e. The van der Waals surface area contributed by atoms with Crippen LogP contribution in [-0.2, 0) is 32.0 Å². The number of primary amides is 1. The van der Waals surface area contributed by atoms with Crippen LogP contribution in [0.1, 0.15) is 38.8 Å². The molecular formula is C28H39N5O4. The fourth-order valence-electron chi connectivity index (χ4n) is 3.87. The van der Waals surface area contributed by atoms with E-state index < -0.39 is 47.8 Å². The Balaban J connectivity index is 2.06. The fourth-order valence-corrected chi connectivity index (χ4v) is 3.87. The molecule has 4 atom stereocenters. The van der Waals surface area contributed by atoms with Crippen LogP contribution in [0.3, 0.4) is 0 Å². The van der Waals surface area contributed by atoms with E-state index in [0.717, 1.165) is 11.1 Å². The number of nitrogens with one attached hydrogen (secondary N) is 3. The van der Waals surface area contributed by atoms with Crippen molar-refractivity contribution in [2.24, 2.45) is 23.3 Å². The Bertz CT molecular complexity index is 1040. The van der Waals surface area contributed by atoms with Crippen molar-refractivity contribution in [2.45, 2.75) is 64.7 Å². The van der Waals surface area contributed by atoms with Crippen LogP contribution in [0.5, 0.6) is 0 Å². The van der Waals surface area contributed by atoms with Crippen molar-refractivity contribution in [3.8, 4) is 0 Å². The lowest BCUT2D eigenvalue weighted by atomic mass is 9.98. The number of benzene rings is 2. The minimum absolute atomic E-state index is 0.227. The first-order valence-corrected chi connectivity index (χ1v) is 12.5. The summed E-state index contributed by atoms with van der Waals surface area (Å²) in [6.07, 6.45) is 0.552. The van der Waals surface area contributed by atoms with Crippen molar-refractivity contribution in [1.82, 2.24) is 16.0 Å². The predicted octanol–water partition coefficient (Wildman–Crippen LogP) is 1.05. The monoisotopic (exact) mass is 509 g/mol. The third-order valence-corrected chi connectivity index (χ3v) is 6.07. The number of hydrogen-bond acceptors (Lipinski definition) is 5. The van der Waals surface area contributed by atoms with Gasteiger partial charge in [-0.05, 0) is 29.4 Å². The number of hydrogen-bond donors (Lipinski definition) is 5. The van der Waals surface area contributed by atoms with E-state index in [-0.39, 0.29) is 18.3 Å². The van der Waals surface area contributed by atoms with Gasteiger partial charge in [0.1, 0.15) is 18.1 Å². The Morgan fingerprint density at radius 3 is 1.49 bits per heavy atom. The molecule has 0 bridgehead atoms. The number of carbonyl (C=O) groups excluding carboxylic acids is 4. The maximum absolute atomic E-state index is 13.2. The number of carbonyl (C=O) groups is 4. The van der Waals surface area contributed by atoms with Gasteiger partial charge in [-0.15, -0.1) is 0 Å². The highest BCUT2D eigenvalue weighted by Crippen LogP contribution is 2.10. The standard InChI is InChI=1S/C28H39N5O4/c1-17(2)23(27(36)31-22(25(30)34)16-20-13-9-6-10-14-20)33-28(37)24(18(3)4)32-26(35)21(29)15-19-11-7-5-8-12-19/h5-14,17-18,21-24H,15-16,29H2,1-4H3,(H2,30,34)(H,31,36)(H,32,35)(H,33,37)/t21-,22+,23-,24+/m0/s1. The van der Waals surface area contributed by atoms with Crippen molar-refractivity contribution in [1.29, 1.82) is 0 Å². The van der Waals surface area contributed by atoms with Gasteiger partial charge in [-0.25, -0.2) is 0 Å². The lowest BCUT2D eigenvalue weighted by molar-refractivity contribution is -0.135. The highest BCUT2D eigenvalue weighted by Gasteiger charge is 2.32. The lowest BCUT2D eigenvalue weighted by Gasteiger charge is -2.28. The molecule has 0 heterocycles. The summed E-state index contributed by atoms with van der Waals surface area (Å²) in [5, 5.41) is 8.14.